The van der Waals surface area contributed by atoms with Crippen molar-refractivity contribution >= 4 is 5.84 Å². The number of oxime groups is 1. The number of H-pyrrole nitrogens is 1. The molecule has 0 fully saturated rings. The fraction of sp³-hybridized carbons (Fsp3) is 0.375. The van der Waals surface area contributed by atoms with Crippen LogP contribution < -0.4 is 16.0 Å². The summed E-state index contributed by atoms with van der Waals surface area (Å²) < 4.78 is 4.85. The molecule has 0 aromatic carbocycles. The number of hydrogen-bond acceptors (Lipinski definition) is 5. The lowest BCUT2D eigenvalue weighted by atomic mass is 10.3. The zero-order valence-corrected chi connectivity index (χ0v) is 8.48. The molecule has 3 N–H and O–H groups in total. The van der Waals surface area contributed by atoms with Gasteiger partial charge in [-0.05, 0) is 6.92 Å². The van der Waals surface area contributed by atoms with Crippen molar-refractivity contribution in [1.29, 1.82) is 0 Å². The van der Waals surface area contributed by atoms with Gasteiger partial charge in [0, 0.05) is 0 Å². The number of hydrogen-bond donors (Lipinski definition) is 2. The van der Waals surface area contributed by atoms with E-state index in [0.29, 0.717) is 6.61 Å². The Morgan fingerprint density at radius 2 is 2.47 bits per heavy atom. The van der Waals surface area contributed by atoms with Crippen LogP contribution in [0.2, 0.25) is 0 Å². The second-order valence-corrected chi connectivity index (χ2v) is 2.51. The van der Waals surface area contributed by atoms with Gasteiger partial charge in [0.05, 0.1) is 13.4 Å². The average molecular weight is 212 g/mol. The van der Waals surface area contributed by atoms with E-state index in [0.717, 1.165) is 0 Å². The van der Waals surface area contributed by atoms with Crippen molar-refractivity contribution < 1.29 is 9.57 Å². The summed E-state index contributed by atoms with van der Waals surface area (Å²) in [5.74, 6) is 0.0123. The Hall–Kier alpha value is -2.05. The van der Waals surface area contributed by atoms with Crippen LogP contribution in [0, 0.1) is 0 Å². The Balaban J connectivity index is 3.13. The number of rotatable bonds is 4. The molecule has 0 unspecified atom stereocenters. The molecule has 1 aromatic rings. The Bertz CT molecular complexity index is 413. The Morgan fingerprint density at radius 3 is 3.07 bits per heavy atom. The highest BCUT2D eigenvalue weighted by molar-refractivity contribution is 5.97. The molecule has 0 aliphatic heterocycles. The monoisotopic (exact) mass is 212 g/mol. The summed E-state index contributed by atoms with van der Waals surface area (Å²) >= 11 is 0. The number of amidine groups is 1. The van der Waals surface area contributed by atoms with Gasteiger partial charge in [-0.1, -0.05) is 5.16 Å². The van der Waals surface area contributed by atoms with E-state index in [1.54, 1.807) is 6.92 Å². The molecule has 0 aliphatic rings. The van der Waals surface area contributed by atoms with Crippen molar-refractivity contribution in [1.82, 2.24) is 9.97 Å². The fourth-order valence-corrected chi connectivity index (χ4v) is 0.936. The molecule has 7 nitrogen and oxygen atoms in total. The minimum Gasteiger partial charge on any atom is -0.489 e. The van der Waals surface area contributed by atoms with Crippen molar-refractivity contribution in [2.75, 3.05) is 13.7 Å². The van der Waals surface area contributed by atoms with Gasteiger partial charge in [0.25, 0.3) is 5.56 Å². The van der Waals surface area contributed by atoms with Gasteiger partial charge in [-0.15, -0.1) is 0 Å². The molecule has 1 aromatic heterocycles. The van der Waals surface area contributed by atoms with E-state index in [1.807, 2.05) is 0 Å². The number of nitrogens with two attached hydrogens (primary N) is 1. The summed E-state index contributed by atoms with van der Waals surface area (Å²) in [6.45, 7) is 2.14. The summed E-state index contributed by atoms with van der Waals surface area (Å²) in [5, 5.41) is 3.56. The van der Waals surface area contributed by atoms with E-state index in [9.17, 15) is 4.79 Å². The van der Waals surface area contributed by atoms with Crippen LogP contribution in [0.4, 0.5) is 0 Å². The third-order valence-corrected chi connectivity index (χ3v) is 1.55. The van der Waals surface area contributed by atoms with Crippen LogP contribution >= 0.6 is 0 Å². The molecule has 0 saturated heterocycles. The molecule has 0 atom stereocenters. The highest BCUT2D eigenvalue weighted by Gasteiger charge is 2.12. The number of methoxy groups -OCH3 is 1. The minimum atomic E-state index is -0.419. The maximum atomic E-state index is 11.3. The maximum Gasteiger partial charge on any atom is 0.293 e. The van der Waals surface area contributed by atoms with Gasteiger partial charge >= 0.3 is 0 Å². The first-order chi connectivity index (χ1) is 7.20. The van der Waals surface area contributed by atoms with E-state index in [-0.39, 0.29) is 17.3 Å². The van der Waals surface area contributed by atoms with E-state index in [4.69, 9.17) is 15.3 Å². The average Bonchev–Trinajstić information content (AvgIpc) is 2.25. The van der Waals surface area contributed by atoms with Gasteiger partial charge in [0.2, 0.25) is 5.75 Å². The second kappa shape index (κ2) is 4.99. The molecule has 0 bridgehead atoms. The fourth-order valence-electron chi connectivity index (χ4n) is 0.936. The van der Waals surface area contributed by atoms with Gasteiger partial charge in [0.1, 0.15) is 6.61 Å². The second-order valence-electron chi connectivity index (χ2n) is 2.51. The van der Waals surface area contributed by atoms with Crippen LogP contribution in [0.3, 0.4) is 0 Å². The van der Waals surface area contributed by atoms with Crippen LogP contribution in [0.15, 0.2) is 16.3 Å². The molecule has 0 spiro atoms. The highest BCUT2D eigenvalue weighted by atomic mass is 16.6. The van der Waals surface area contributed by atoms with Crippen molar-refractivity contribution in [3.05, 3.63) is 22.4 Å². The normalized spacial score (nSPS) is 11.2. The lowest BCUT2D eigenvalue weighted by Gasteiger charge is -2.04. The predicted octanol–water partition coefficient (Wildman–Crippen LogP) is -0.565. The maximum absolute atomic E-state index is 11.3. The highest BCUT2D eigenvalue weighted by Crippen LogP contribution is 2.07. The van der Waals surface area contributed by atoms with Gasteiger partial charge in [0.15, 0.2) is 11.5 Å². The number of aromatic amines is 1. The van der Waals surface area contributed by atoms with Gasteiger partial charge in [-0.3, -0.25) is 4.79 Å². The summed E-state index contributed by atoms with van der Waals surface area (Å²) in [7, 11) is 1.35. The standard InChI is InChI=1S/C8H12N4O3/c1-3-15-12-7(9)5-6(14-2)8(13)11-4-10-5/h4H,3H2,1-2H3,(H2,9,12)(H,10,11,13). The van der Waals surface area contributed by atoms with Crippen LogP contribution in [-0.4, -0.2) is 29.5 Å². The van der Waals surface area contributed by atoms with Gasteiger partial charge < -0.3 is 20.3 Å². The zero-order chi connectivity index (χ0) is 11.3. The first-order valence-electron chi connectivity index (χ1n) is 4.28. The van der Waals surface area contributed by atoms with Crippen molar-refractivity contribution in [2.45, 2.75) is 6.92 Å². The summed E-state index contributed by atoms with van der Waals surface area (Å²) in [6.07, 6.45) is 1.22. The first kappa shape index (κ1) is 11.0. The number of nitrogens with zero attached hydrogens (tertiary/aromatic N) is 2. The molecule has 0 aliphatic carbocycles. The van der Waals surface area contributed by atoms with E-state index >= 15 is 0 Å². The molecular formula is C8H12N4O3. The number of nitrogens with one attached hydrogen (secondary N) is 1. The molecule has 0 radical (unpaired) electrons. The third-order valence-electron chi connectivity index (χ3n) is 1.55. The molecule has 0 saturated carbocycles. The van der Waals surface area contributed by atoms with Crippen LogP contribution in [0.5, 0.6) is 5.75 Å². The lowest BCUT2D eigenvalue weighted by molar-refractivity contribution is 0.158. The molecular weight excluding hydrogens is 200 g/mol. The Kier molecular flexibility index (Phi) is 3.67. The van der Waals surface area contributed by atoms with E-state index in [2.05, 4.69) is 15.1 Å². The number of aromatic nitrogens is 2. The van der Waals surface area contributed by atoms with Gasteiger partial charge in [-0.2, -0.15) is 0 Å². The minimum absolute atomic E-state index is 0.000185. The molecule has 0 amide bonds. The largest absolute Gasteiger partial charge is 0.489 e. The quantitative estimate of drug-likeness (QED) is 0.395. The zero-order valence-electron chi connectivity index (χ0n) is 8.48. The van der Waals surface area contributed by atoms with Crippen LogP contribution in [0.25, 0.3) is 0 Å². The molecule has 15 heavy (non-hydrogen) atoms. The SMILES string of the molecule is CCO/N=C(\N)c1nc[nH]c(=O)c1OC. The first-order valence-corrected chi connectivity index (χ1v) is 4.28. The van der Waals surface area contributed by atoms with Crippen molar-refractivity contribution in [3.8, 4) is 5.75 Å². The Labute approximate surface area is 85.9 Å². The molecule has 7 heteroatoms. The molecule has 82 valence electrons. The summed E-state index contributed by atoms with van der Waals surface area (Å²) in [6, 6.07) is 0. The van der Waals surface area contributed by atoms with E-state index in [1.165, 1.54) is 13.4 Å². The predicted molar refractivity (Wildman–Crippen MR) is 53.8 cm³/mol. The topological polar surface area (TPSA) is 103 Å². The summed E-state index contributed by atoms with van der Waals surface area (Å²) in [5.41, 5.74) is 5.30. The van der Waals surface area contributed by atoms with Crippen molar-refractivity contribution in [2.24, 2.45) is 10.9 Å². The number of ether oxygens (including phenoxy) is 1. The van der Waals surface area contributed by atoms with E-state index < -0.39 is 5.56 Å². The Morgan fingerprint density at radius 1 is 1.73 bits per heavy atom. The summed E-state index contributed by atoms with van der Waals surface area (Å²) in [4.78, 5) is 22.2. The van der Waals surface area contributed by atoms with Crippen LogP contribution in [-0.2, 0) is 4.84 Å². The lowest BCUT2D eigenvalue weighted by Crippen LogP contribution is -2.22. The van der Waals surface area contributed by atoms with Crippen LogP contribution in [0.1, 0.15) is 12.6 Å². The smallest absolute Gasteiger partial charge is 0.293 e. The van der Waals surface area contributed by atoms with Crippen molar-refractivity contribution in [3.63, 3.8) is 0 Å². The molecule has 1 heterocycles. The third kappa shape index (κ3) is 2.46. The molecule has 1 rings (SSSR count). The van der Waals surface area contributed by atoms with Gasteiger partial charge in [-0.25, -0.2) is 4.98 Å².